The van der Waals surface area contributed by atoms with E-state index in [-0.39, 0.29) is 0 Å². The molecular formula is C21H21NO. The lowest BCUT2D eigenvalue weighted by Gasteiger charge is -2.21. The summed E-state index contributed by atoms with van der Waals surface area (Å²) in [5, 5.41) is 2.30. The normalized spacial score (nSPS) is 12.0. The van der Waals surface area contributed by atoms with Crippen molar-refractivity contribution in [2.75, 3.05) is 14.1 Å². The van der Waals surface area contributed by atoms with E-state index in [0.717, 1.165) is 28.2 Å². The fourth-order valence-corrected chi connectivity index (χ4v) is 2.70. The van der Waals surface area contributed by atoms with Gasteiger partial charge in [-0.05, 0) is 23.9 Å². The molecule has 0 aromatic heterocycles. The van der Waals surface area contributed by atoms with Crippen LogP contribution in [0.25, 0.3) is 16.3 Å². The van der Waals surface area contributed by atoms with Crippen LogP contribution in [0.1, 0.15) is 12.5 Å². The maximum Gasteiger partial charge on any atom is 0.199 e. The summed E-state index contributed by atoms with van der Waals surface area (Å²) in [4.78, 5) is 2.02. The molecule has 0 saturated carbocycles. The Labute approximate surface area is 137 Å². The summed E-state index contributed by atoms with van der Waals surface area (Å²) in [6, 6.07) is 24.8. The molecule has 3 aromatic rings. The quantitative estimate of drug-likeness (QED) is 0.617. The Morgan fingerprint density at radius 3 is 2.17 bits per heavy atom. The van der Waals surface area contributed by atoms with Crippen LogP contribution in [0.3, 0.4) is 0 Å². The van der Waals surface area contributed by atoms with Crippen molar-refractivity contribution in [3.8, 4) is 5.75 Å². The molecule has 0 radical (unpaired) electrons. The molecule has 3 aromatic carbocycles. The molecule has 0 spiro atoms. The molecule has 0 amide bonds. The van der Waals surface area contributed by atoms with Crippen LogP contribution in [0, 0.1) is 0 Å². The number of fused-ring (bicyclic) bond motifs is 1. The molecule has 0 saturated heterocycles. The Bertz CT molecular complexity index is 829. The van der Waals surface area contributed by atoms with Crippen LogP contribution in [-0.2, 0) is 0 Å². The zero-order chi connectivity index (χ0) is 16.2. The lowest BCUT2D eigenvalue weighted by molar-refractivity contribution is 0.286. The second kappa shape index (κ2) is 6.57. The standard InChI is InChI=1S/C21H21NO/c1-16(17-10-5-4-6-11-17)21(22(2)3)23-20-15-9-13-18-12-7-8-14-19(18)20/h4-15H,1-3H3. The highest BCUT2D eigenvalue weighted by Gasteiger charge is 2.12. The van der Waals surface area contributed by atoms with Crippen LogP contribution >= 0.6 is 0 Å². The molecule has 3 rings (SSSR count). The molecule has 0 fully saturated rings. The van der Waals surface area contributed by atoms with Gasteiger partial charge in [-0.1, -0.05) is 66.7 Å². The Morgan fingerprint density at radius 2 is 1.43 bits per heavy atom. The first-order valence-corrected chi connectivity index (χ1v) is 7.76. The minimum absolute atomic E-state index is 0.854. The summed E-state index contributed by atoms with van der Waals surface area (Å²) < 4.78 is 6.31. The van der Waals surface area contributed by atoms with Crippen LogP contribution in [0.15, 0.2) is 78.7 Å². The molecule has 0 heterocycles. The molecule has 0 aliphatic rings. The van der Waals surface area contributed by atoms with Gasteiger partial charge in [0.05, 0.1) is 0 Å². The van der Waals surface area contributed by atoms with E-state index in [1.54, 1.807) is 0 Å². The van der Waals surface area contributed by atoms with Gasteiger partial charge >= 0.3 is 0 Å². The molecule has 2 heteroatoms. The summed E-state index contributed by atoms with van der Waals surface area (Å²) >= 11 is 0. The van der Waals surface area contributed by atoms with Crippen molar-refractivity contribution in [1.29, 1.82) is 0 Å². The predicted molar refractivity (Wildman–Crippen MR) is 97.3 cm³/mol. The van der Waals surface area contributed by atoms with E-state index in [9.17, 15) is 0 Å². The minimum Gasteiger partial charge on any atom is -0.440 e. The van der Waals surface area contributed by atoms with Gasteiger partial charge in [0.2, 0.25) is 0 Å². The maximum atomic E-state index is 6.31. The summed E-state index contributed by atoms with van der Waals surface area (Å²) in [6.45, 7) is 2.09. The average molecular weight is 303 g/mol. The van der Waals surface area contributed by atoms with Crippen LogP contribution in [-0.4, -0.2) is 19.0 Å². The van der Waals surface area contributed by atoms with Gasteiger partial charge in [0.15, 0.2) is 5.88 Å². The van der Waals surface area contributed by atoms with Crippen LogP contribution in [0.2, 0.25) is 0 Å². The zero-order valence-electron chi connectivity index (χ0n) is 13.8. The molecule has 0 aliphatic heterocycles. The van der Waals surface area contributed by atoms with E-state index in [2.05, 4.69) is 37.3 Å². The van der Waals surface area contributed by atoms with Crippen molar-refractivity contribution in [3.05, 3.63) is 84.2 Å². The molecule has 116 valence electrons. The fraction of sp³-hybridized carbons (Fsp3) is 0.143. The Kier molecular flexibility index (Phi) is 4.33. The Hall–Kier alpha value is -2.74. The molecular weight excluding hydrogens is 282 g/mol. The maximum absolute atomic E-state index is 6.31. The first kappa shape index (κ1) is 15.2. The Balaban J connectivity index is 2.06. The second-order valence-electron chi connectivity index (χ2n) is 5.77. The number of allylic oxidation sites excluding steroid dienone is 1. The summed E-state index contributed by atoms with van der Waals surface area (Å²) in [6.07, 6.45) is 0. The largest absolute Gasteiger partial charge is 0.440 e. The fourth-order valence-electron chi connectivity index (χ4n) is 2.70. The van der Waals surface area contributed by atoms with Crippen molar-refractivity contribution in [3.63, 3.8) is 0 Å². The number of hydrogen-bond acceptors (Lipinski definition) is 2. The summed E-state index contributed by atoms with van der Waals surface area (Å²) in [5.41, 5.74) is 2.28. The third-order valence-corrected chi connectivity index (χ3v) is 3.89. The van der Waals surface area contributed by atoms with Crippen molar-refractivity contribution >= 4 is 16.3 Å². The van der Waals surface area contributed by atoms with Gasteiger partial charge in [-0.2, -0.15) is 0 Å². The van der Waals surface area contributed by atoms with E-state index in [0.29, 0.717) is 0 Å². The Morgan fingerprint density at radius 1 is 0.783 bits per heavy atom. The van der Waals surface area contributed by atoms with E-state index in [4.69, 9.17) is 4.74 Å². The van der Waals surface area contributed by atoms with Crippen molar-refractivity contribution < 1.29 is 4.74 Å². The lowest BCUT2D eigenvalue weighted by Crippen LogP contribution is -2.18. The number of rotatable bonds is 4. The van der Waals surface area contributed by atoms with Gasteiger partial charge < -0.3 is 9.64 Å². The van der Waals surface area contributed by atoms with Gasteiger partial charge in [-0.3, -0.25) is 0 Å². The van der Waals surface area contributed by atoms with E-state index >= 15 is 0 Å². The van der Waals surface area contributed by atoms with Gasteiger partial charge in [0.1, 0.15) is 5.75 Å². The van der Waals surface area contributed by atoms with Crippen molar-refractivity contribution in [2.24, 2.45) is 0 Å². The van der Waals surface area contributed by atoms with Gasteiger partial charge in [-0.25, -0.2) is 0 Å². The van der Waals surface area contributed by atoms with E-state index < -0.39 is 0 Å². The summed E-state index contributed by atoms with van der Waals surface area (Å²) in [5.74, 6) is 1.73. The highest BCUT2D eigenvalue weighted by Crippen LogP contribution is 2.29. The predicted octanol–water partition coefficient (Wildman–Crippen LogP) is 5.17. The molecule has 0 N–H and O–H groups in total. The SMILES string of the molecule is CC(=C(Oc1cccc2ccccc12)N(C)C)c1ccccc1. The van der Waals surface area contributed by atoms with E-state index in [1.165, 1.54) is 5.39 Å². The highest BCUT2D eigenvalue weighted by atomic mass is 16.5. The van der Waals surface area contributed by atoms with Crippen molar-refractivity contribution in [2.45, 2.75) is 6.92 Å². The molecule has 23 heavy (non-hydrogen) atoms. The zero-order valence-corrected chi connectivity index (χ0v) is 13.8. The second-order valence-corrected chi connectivity index (χ2v) is 5.77. The molecule has 0 bridgehead atoms. The van der Waals surface area contributed by atoms with Crippen LogP contribution in [0.5, 0.6) is 5.75 Å². The topological polar surface area (TPSA) is 12.5 Å². The monoisotopic (exact) mass is 303 g/mol. The smallest absolute Gasteiger partial charge is 0.199 e. The number of ether oxygens (including phenoxy) is 1. The minimum atomic E-state index is 0.854. The first-order chi connectivity index (χ1) is 11.2. The number of benzene rings is 3. The van der Waals surface area contributed by atoms with Gasteiger partial charge in [-0.15, -0.1) is 0 Å². The third kappa shape index (κ3) is 3.21. The number of nitrogens with zero attached hydrogens (tertiary/aromatic N) is 1. The van der Waals surface area contributed by atoms with Crippen LogP contribution < -0.4 is 4.74 Å². The number of hydrogen-bond donors (Lipinski definition) is 0. The highest BCUT2D eigenvalue weighted by molar-refractivity contribution is 5.88. The lowest BCUT2D eigenvalue weighted by atomic mass is 10.1. The summed E-state index contributed by atoms with van der Waals surface area (Å²) in [7, 11) is 4.01. The molecule has 0 aliphatic carbocycles. The average Bonchev–Trinajstić information content (AvgIpc) is 2.59. The first-order valence-electron chi connectivity index (χ1n) is 7.76. The van der Waals surface area contributed by atoms with Crippen LogP contribution in [0.4, 0.5) is 0 Å². The molecule has 0 atom stereocenters. The van der Waals surface area contributed by atoms with Crippen molar-refractivity contribution in [1.82, 2.24) is 4.90 Å². The third-order valence-electron chi connectivity index (χ3n) is 3.89. The van der Waals surface area contributed by atoms with E-state index in [1.807, 2.05) is 61.5 Å². The van der Waals surface area contributed by atoms with Gasteiger partial charge in [0.25, 0.3) is 0 Å². The van der Waals surface area contributed by atoms with Gasteiger partial charge in [0, 0.05) is 25.1 Å². The molecule has 0 unspecified atom stereocenters. The molecule has 2 nitrogen and oxygen atoms in total.